The summed E-state index contributed by atoms with van der Waals surface area (Å²) in [6.45, 7) is -0.0222. The molecule has 0 unspecified atom stereocenters. The van der Waals surface area contributed by atoms with Gasteiger partial charge in [0, 0.05) is 12.4 Å². The van der Waals surface area contributed by atoms with E-state index in [-0.39, 0.29) is 12.7 Å². The summed E-state index contributed by atoms with van der Waals surface area (Å²) in [5.41, 5.74) is 7.03. The summed E-state index contributed by atoms with van der Waals surface area (Å²) < 4.78 is 0. The van der Waals surface area contributed by atoms with Crippen LogP contribution in [0.4, 0.5) is 0 Å². The number of nitrogens with one attached hydrogen (secondary N) is 1. The lowest BCUT2D eigenvalue weighted by Crippen LogP contribution is -2.15. The van der Waals surface area contributed by atoms with Crippen LogP contribution in [0.15, 0.2) is 54.9 Å². The molecule has 1 aromatic heterocycles. The Bertz CT molecular complexity index is 579. The molecule has 1 aromatic carbocycles. The van der Waals surface area contributed by atoms with E-state index in [2.05, 4.69) is 22.6 Å². The van der Waals surface area contributed by atoms with Crippen LogP contribution in [-0.4, -0.2) is 22.8 Å². The molecule has 0 aliphatic carbocycles. The molecule has 2 N–H and O–H groups in total. The van der Waals surface area contributed by atoms with E-state index in [1.165, 1.54) is 0 Å². The Labute approximate surface area is 111 Å². The quantitative estimate of drug-likeness (QED) is 0.879. The van der Waals surface area contributed by atoms with Gasteiger partial charge in [-0.3, -0.25) is 15.3 Å². The fourth-order valence-electron chi connectivity index (χ4n) is 2.02. The highest BCUT2D eigenvalue weighted by Crippen LogP contribution is 2.23. The third-order valence-electron chi connectivity index (χ3n) is 3.06. The van der Waals surface area contributed by atoms with Crippen molar-refractivity contribution < 1.29 is 9.94 Å². The van der Waals surface area contributed by atoms with E-state index in [9.17, 15) is 0 Å². The zero-order chi connectivity index (χ0) is 13.1. The second-order valence-corrected chi connectivity index (χ2v) is 4.33. The lowest BCUT2D eigenvalue weighted by molar-refractivity contribution is 0.0173. The number of hydrogen-bond donors (Lipinski definition) is 2. The van der Waals surface area contributed by atoms with Crippen molar-refractivity contribution in [1.29, 1.82) is 0 Å². The highest BCUT2D eigenvalue weighted by Gasteiger charge is 2.16. The maximum atomic E-state index is 9.01. The zero-order valence-electron chi connectivity index (χ0n) is 10.3. The zero-order valence-corrected chi connectivity index (χ0v) is 10.3. The van der Waals surface area contributed by atoms with Crippen molar-refractivity contribution in [2.45, 2.75) is 6.10 Å². The molecule has 0 saturated heterocycles. The molecule has 1 aliphatic rings. The van der Waals surface area contributed by atoms with Crippen molar-refractivity contribution in [3.8, 4) is 11.1 Å². The van der Waals surface area contributed by atoms with Crippen LogP contribution in [-0.2, 0) is 4.84 Å². The Morgan fingerprint density at radius 1 is 1.00 bits per heavy atom. The molecule has 2 aromatic rings. The first-order chi connectivity index (χ1) is 9.36. The van der Waals surface area contributed by atoms with Crippen LogP contribution in [0.2, 0.25) is 0 Å². The summed E-state index contributed by atoms with van der Waals surface area (Å²) in [5, 5.41) is 9.01. The van der Waals surface area contributed by atoms with Gasteiger partial charge in [-0.15, -0.1) is 0 Å². The van der Waals surface area contributed by atoms with Gasteiger partial charge >= 0.3 is 0 Å². The molecule has 0 saturated carbocycles. The Balaban J connectivity index is 1.84. The fourth-order valence-corrected chi connectivity index (χ4v) is 2.02. The van der Waals surface area contributed by atoms with Gasteiger partial charge in [0.1, 0.15) is 6.10 Å². The fraction of sp³-hybridized carbons (Fsp3) is 0.133. The van der Waals surface area contributed by atoms with Crippen molar-refractivity contribution in [2.75, 3.05) is 6.61 Å². The molecule has 0 spiro atoms. The van der Waals surface area contributed by atoms with E-state index in [0.29, 0.717) is 0 Å². The average molecular weight is 254 g/mol. The normalized spacial score (nSPS) is 17.9. The third-order valence-corrected chi connectivity index (χ3v) is 3.06. The van der Waals surface area contributed by atoms with Crippen LogP contribution < -0.4 is 5.48 Å². The van der Waals surface area contributed by atoms with Gasteiger partial charge in [-0.2, -0.15) is 0 Å². The van der Waals surface area contributed by atoms with Gasteiger partial charge in [0.2, 0.25) is 0 Å². The van der Waals surface area contributed by atoms with Gasteiger partial charge < -0.3 is 5.11 Å². The Hall–Kier alpha value is -2.17. The largest absolute Gasteiger partial charge is 0.393 e. The maximum absolute atomic E-state index is 9.01. The van der Waals surface area contributed by atoms with E-state index in [4.69, 9.17) is 9.94 Å². The van der Waals surface area contributed by atoms with E-state index in [1.807, 2.05) is 30.3 Å². The summed E-state index contributed by atoms with van der Waals surface area (Å²) in [6, 6.07) is 12.1. The summed E-state index contributed by atoms with van der Waals surface area (Å²) in [4.78, 5) is 9.19. The second-order valence-electron chi connectivity index (χ2n) is 4.33. The number of aliphatic hydroxyl groups excluding tert-OH is 1. The van der Waals surface area contributed by atoms with Crippen molar-refractivity contribution in [3.05, 3.63) is 60.4 Å². The van der Waals surface area contributed by atoms with Gasteiger partial charge in [-0.1, -0.05) is 24.3 Å². The van der Waals surface area contributed by atoms with Crippen LogP contribution in [0.1, 0.15) is 5.56 Å². The van der Waals surface area contributed by atoms with Crippen molar-refractivity contribution in [3.63, 3.8) is 0 Å². The van der Waals surface area contributed by atoms with Crippen molar-refractivity contribution >= 4 is 5.70 Å². The summed E-state index contributed by atoms with van der Waals surface area (Å²) >= 11 is 0. The van der Waals surface area contributed by atoms with Gasteiger partial charge in [0.05, 0.1) is 12.3 Å². The standard InChI is InChI=1S/C15H14N2O2/c18-10-14-9-15(17-19-14)13-3-1-11(2-4-13)12-5-7-16-8-6-12/h1-9,14,17-18H,10H2/t14-/m1/s1. The number of aromatic nitrogens is 1. The molecule has 3 rings (SSSR count). The molecule has 1 atom stereocenters. The Morgan fingerprint density at radius 3 is 2.26 bits per heavy atom. The van der Waals surface area contributed by atoms with E-state index in [1.54, 1.807) is 12.4 Å². The molecule has 0 amide bonds. The van der Waals surface area contributed by atoms with E-state index >= 15 is 0 Å². The molecule has 1 aliphatic heterocycles. The number of hydroxylamine groups is 1. The summed E-state index contributed by atoms with van der Waals surface area (Å²) in [7, 11) is 0. The highest BCUT2D eigenvalue weighted by atomic mass is 16.7. The SMILES string of the molecule is OC[C@H]1C=C(c2ccc(-c3ccncc3)cc2)NO1. The van der Waals surface area contributed by atoms with Crippen molar-refractivity contribution in [2.24, 2.45) is 0 Å². The van der Waals surface area contributed by atoms with Crippen LogP contribution in [0, 0.1) is 0 Å². The number of pyridine rings is 1. The minimum Gasteiger partial charge on any atom is -0.393 e. The third kappa shape index (κ3) is 2.50. The molecular weight excluding hydrogens is 240 g/mol. The number of hydrogen-bond acceptors (Lipinski definition) is 4. The minimum atomic E-state index is -0.269. The lowest BCUT2D eigenvalue weighted by atomic mass is 10.0. The first-order valence-electron chi connectivity index (χ1n) is 6.12. The van der Waals surface area contributed by atoms with E-state index < -0.39 is 0 Å². The monoisotopic (exact) mass is 254 g/mol. The highest BCUT2D eigenvalue weighted by molar-refractivity contribution is 5.69. The number of nitrogens with zero attached hydrogens (tertiary/aromatic N) is 1. The predicted molar refractivity (Wildman–Crippen MR) is 72.7 cm³/mol. The topological polar surface area (TPSA) is 54.4 Å². The molecule has 0 radical (unpaired) electrons. The van der Waals surface area contributed by atoms with Gasteiger partial charge in [-0.25, -0.2) is 0 Å². The predicted octanol–water partition coefficient (Wildman–Crippen LogP) is 1.99. The van der Waals surface area contributed by atoms with Crippen molar-refractivity contribution in [1.82, 2.24) is 10.5 Å². The van der Waals surface area contributed by atoms with Gasteiger partial charge in [0.25, 0.3) is 0 Å². The molecule has 0 fully saturated rings. The average Bonchev–Trinajstić information content (AvgIpc) is 2.97. The molecule has 2 heterocycles. The van der Waals surface area contributed by atoms with E-state index in [0.717, 1.165) is 22.4 Å². The summed E-state index contributed by atoms with van der Waals surface area (Å²) in [6.07, 6.45) is 5.17. The molecular formula is C15H14N2O2. The molecule has 96 valence electrons. The van der Waals surface area contributed by atoms with Crippen LogP contribution in [0.5, 0.6) is 0 Å². The van der Waals surface area contributed by atoms with Gasteiger partial charge in [0.15, 0.2) is 0 Å². The molecule has 19 heavy (non-hydrogen) atoms. The van der Waals surface area contributed by atoms with Crippen LogP contribution in [0.3, 0.4) is 0 Å². The summed E-state index contributed by atoms with van der Waals surface area (Å²) in [5.74, 6) is 0. The van der Waals surface area contributed by atoms with Crippen LogP contribution >= 0.6 is 0 Å². The second kappa shape index (κ2) is 5.22. The minimum absolute atomic E-state index is 0.0222. The maximum Gasteiger partial charge on any atom is 0.129 e. The van der Waals surface area contributed by atoms with Gasteiger partial charge in [-0.05, 0) is 34.9 Å². The molecule has 0 bridgehead atoms. The lowest BCUT2D eigenvalue weighted by Gasteiger charge is -2.06. The molecule has 4 heteroatoms. The smallest absolute Gasteiger partial charge is 0.129 e. The molecule has 4 nitrogen and oxygen atoms in total. The number of rotatable bonds is 3. The van der Waals surface area contributed by atoms with Crippen LogP contribution in [0.25, 0.3) is 16.8 Å². The Kier molecular flexibility index (Phi) is 3.27. The first kappa shape index (κ1) is 11.9. The Morgan fingerprint density at radius 2 is 1.63 bits per heavy atom. The number of aliphatic hydroxyl groups is 1. The number of benzene rings is 1. The first-order valence-corrected chi connectivity index (χ1v) is 6.12.